The highest BCUT2D eigenvalue weighted by Gasteiger charge is 2.39. The number of rotatable bonds is 4. The van der Waals surface area contributed by atoms with E-state index in [4.69, 9.17) is 0 Å². The van der Waals surface area contributed by atoms with Gasteiger partial charge in [0.15, 0.2) is 0 Å². The van der Waals surface area contributed by atoms with Crippen LogP contribution in [0.2, 0.25) is 0 Å². The zero-order chi connectivity index (χ0) is 10.5. The molecule has 13 heavy (non-hydrogen) atoms. The van der Waals surface area contributed by atoms with Crippen LogP contribution in [0.5, 0.6) is 0 Å². The highest BCUT2D eigenvalue weighted by atomic mass is 19.4. The van der Waals surface area contributed by atoms with Crippen molar-refractivity contribution in [1.82, 2.24) is 0 Å². The lowest BCUT2D eigenvalue weighted by atomic mass is 10.4. The molecule has 0 aromatic carbocycles. The summed E-state index contributed by atoms with van der Waals surface area (Å²) in [4.78, 5) is 0. The van der Waals surface area contributed by atoms with Gasteiger partial charge in [0.25, 0.3) is 5.83 Å². The van der Waals surface area contributed by atoms with E-state index in [-0.39, 0.29) is 6.61 Å². The Morgan fingerprint density at radius 1 is 1.23 bits per heavy atom. The molecule has 0 aliphatic rings. The number of alkyl halides is 3. The molecule has 0 aliphatic carbocycles. The first-order valence-electron chi connectivity index (χ1n) is 3.64. The van der Waals surface area contributed by atoms with Gasteiger partial charge < -0.3 is 4.74 Å². The standard InChI is InChI=1S/C7H9F5O/c1-2-3-4-13-6(9)5(8)7(10,11)12/h2-4H2,1H3. The summed E-state index contributed by atoms with van der Waals surface area (Å²) in [6, 6.07) is -2.19. The molecule has 0 unspecified atom stereocenters. The third kappa shape index (κ3) is 4.69. The summed E-state index contributed by atoms with van der Waals surface area (Å²) < 4.78 is 62.4. The van der Waals surface area contributed by atoms with Gasteiger partial charge in [-0.15, -0.1) is 0 Å². The first-order valence-corrected chi connectivity index (χ1v) is 3.64. The summed E-state index contributed by atoms with van der Waals surface area (Å²) >= 11 is 0. The Morgan fingerprint density at radius 3 is 2.15 bits per heavy atom. The van der Waals surface area contributed by atoms with Gasteiger partial charge in [0.1, 0.15) is 0 Å². The minimum atomic E-state index is -5.31. The van der Waals surface area contributed by atoms with E-state index >= 15 is 0 Å². The van der Waals surface area contributed by atoms with Gasteiger partial charge in [-0.1, -0.05) is 13.3 Å². The Morgan fingerprint density at radius 2 is 1.77 bits per heavy atom. The molecule has 0 amide bonds. The number of hydrogen-bond donors (Lipinski definition) is 0. The molecule has 1 nitrogen and oxygen atoms in total. The van der Waals surface area contributed by atoms with Crippen LogP contribution in [-0.2, 0) is 4.74 Å². The fourth-order valence-corrected chi connectivity index (χ4v) is 0.481. The van der Waals surface area contributed by atoms with Crippen molar-refractivity contribution in [2.45, 2.75) is 25.9 Å². The van der Waals surface area contributed by atoms with E-state index in [1.807, 2.05) is 0 Å². The van der Waals surface area contributed by atoms with Gasteiger partial charge in [-0.2, -0.15) is 22.0 Å². The van der Waals surface area contributed by atoms with Crippen molar-refractivity contribution < 1.29 is 26.7 Å². The summed E-state index contributed by atoms with van der Waals surface area (Å²) in [5.41, 5.74) is 0. The first kappa shape index (κ1) is 12.2. The fourth-order valence-electron chi connectivity index (χ4n) is 0.481. The molecule has 6 heteroatoms. The molecule has 0 saturated heterocycles. The fraction of sp³-hybridized carbons (Fsp3) is 0.714. The van der Waals surface area contributed by atoms with Crippen LogP contribution < -0.4 is 0 Å². The van der Waals surface area contributed by atoms with Gasteiger partial charge in [0.05, 0.1) is 6.61 Å². The molecule has 0 N–H and O–H groups in total. The smallest absolute Gasteiger partial charge is 0.449 e. The maximum atomic E-state index is 12.2. The summed E-state index contributed by atoms with van der Waals surface area (Å²) in [5, 5.41) is 0. The molecule has 0 heterocycles. The predicted octanol–water partition coefficient (Wildman–Crippen LogP) is 3.47. The van der Waals surface area contributed by atoms with Crippen LogP contribution in [0.4, 0.5) is 22.0 Å². The first-order chi connectivity index (χ1) is 5.89. The molecule has 0 bridgehead atoms. The second-order valence-electron chi connectivity index (χ2n) is 2.29. The maximum Gasteiger partial charge on any atom is 0.449 e. The van der Waals surface area contributed by atoms with Gasteiger partial charge in [-0.25, -0.2) is 0 Å². The monoisotopic (exact) mass is 204 g/mol. The van der Waals surface area contributed by atoms with Crippen molar-refractivity contribution in [3.63, 3.8) is 0 Å². The van der Waals surface area contributed by atoms with Gasteiger partial charge in [0.2, 0.25) is 0 Å². The van der Waals surface area contributed by atoms with Gasteiger partial charge >= 0.3 is 12.2 Å². The minimum Gasteiger partial charge on any atom is -0.469 e. The minimum absolute atomic E-state index is 0.258. The van der Waals surface area contributed by atoms with Crippen LogP contribution in [0.15, 0.2) is 11.8 Å². The molecule has 0 rings (SSSR count). The number of hydrogen-bond acceptors (Lipinski definition) is 1. The molecule has 0 aliphatic heterocycles. The van der Waals surface area contributed by atoms with Crippen molar-refractivity contribution >= 4 is 0 Å². The Hall–Kier alpha value is -0.810. The van der Waals surface area contributed by atoms with Gasteiger partial charge in [0, 0.05) is 0 Å². The number of ether oxygens (including phenoxy) is 1. The number of unbranched alkanes of at least 4 members (excludes halogenated alkanes) is 1. The summed E-state index contributed by atoms with van der Waals surface area (Å²) in [5.74, 6) is -2.82. The Labute approximate surface area is 72.2 Å². The summed E-state index contributed by atoms with van der Waals surface area (Å²) in [7, 11) is 0. The maximum absolute atomic E-state index is 12.2. The van der Waals surface area contributed by atoms with Crippen LogP contribution >= 0.6 is 0 Å². The Bertz CT molecular complexity index is 184. The number of allylic oxidation sites excluding steroid dienone is 1. The Kier molecular flexibility index (Phi) is 4.72. The average Bonchev–Trinajstić information content (AvgIpc) is 2.01. The van der Waals surface area contributed by atoms with Crippen molar-refractivity contribution in [3.8, 4) is 0 Å². The second kappa shape index (κ2) is 5.04. The van der Waals surface area contributed by atoms with E-state index in [0.29, 0.717) is 12.8 Å². The SMILES string of the molecule is CCCCOC(F)=C(F)C(F)(F)F. The highest BCUT2D eigenvalue weighted by molar-refractivity contribution is 4.99. The number of halogens is 5. The third-order valence-corrected chi connectivity index (χ3v) is 1.15. The molecule has 0 radical (unpaired) electrons. The van der Waals surface area contributed by atoms with Crippen LogP contribution in [0.1, 0.15) is 19.8 Å². The van der Waals surface area contributed by atoms with Crippen molar-refractivity contribution in [2.75, 3.05) is 6.61 Å². The lowest BCUT2D eigenvalue weighted by Gasteiger charge is -2.05. The molecule has 0 aromatic rings. The van der Waals surface area contributed by atoms with E-state index in [2.05, 4.69) is 4.74 Å². The van der Waals surface area contributed by atoms with Crippen LogP contribution in [0.25, 0.3) is 0 Å². The largest absolute Gasteiger partial charge is 0.469 e. The molecular weight excluding hydrogens is 195 g/mol. The Balaban J connectivity index is 4.12. The molecule has 0 saturated carbocycles. The van der Waals surface area contributed by atoms with Crippen molar-refractivity contribution in [3.05, 3.63) is 11.8 Å². The van der Waals surface area contributed by atoms with E-state index in [0.717, 1.165) is 0 Å². The highest BCUT2D eigenvalue weighted by Crippen LogP contribution is 2.30. The normalized spacial score (nSPS) is 14.0. The summed E-state index contributed by atoms with van der Waals surface area (Å²) in [6.07, 6.45) is -4.31. The molecule has 0 fully saturated rings. The second-order valence-corrected chi connectivity index (χ2v) is 2.29. The average molecular weight is 204 g/mol. The summed E-state index contributed by atoms with van der Waals surface area (Å²) in [6.45, 7) is 1.48. The lowest BCUT2D eigenvalue weighted by Crippen LogP contribution is -2.10. The predicted molar refractivity (Wildman–Crippen MR) is 36.2 cm³/mol. The van der Waals surface area contributed by atoms with Crippen molar-refractivity contribution in [1.29, 1.82) is 0 Å². The van der Waals surface area contributed by atoms with Crippen molar-refractivity contribution in [2.24, 2.45) is 0 Å². The zero-order valence-electron chi connectivity index (χ0n) is 6.92. The van der Waals surface area contributed by atoms with E-state index in [1.54, 1.807) is 6.92 Å². The topological polar surface area (TPSA) is 9.23 Å². The van der Waals surface area contributed by atoms with Gasteiger partial charge in [-0.3, -0.25) is 0 Å². The zero-order valence-corrected chi connectivity index (χ0v) is 6.92. The molecule has 0 aromatic heterocycles. The quantitative estimate of drug-likeness (QED) is 0.387. The molecule has 0 spiro atoms. The molecule has 78 valence electrons. The van der Waals surface area contributed by atoms with E-state index < -0.39 is 18.0 Å². The van der Waals surface area contributed by atoms with Crippen LogP contribution in [0, 0.1) is 0 Å². The lowest BCUT2D eigenvalue weighted by molar-refractivity contribution is -0.116. The third-order valence-electron chi connectivity index (χ3n) is 1.15. The van der Waals surface area contributed by atoms with Crippen LogP contribution in [0.3, 0.4) is 0 Å². The molecule has 0 atom stereocenters. The van der Waals surface area contributed by atoms with E-state index in [1.165, 1.54) is 0 Å². The van der Waals surface area contributed by atoms with Crippen LogP contribution in [-0.4, -0.2) is 12.8 Å². The van der Waals surface area contributed by atoms with E-state index in [9.17, 15) is 22.0 Å². The van der Waals surface area contributed by atoms with Gasteiger partial charge in [-0.05, 0) is 6.42 Å². The molecular formula is C7H9F5O.